The third kappa shape index (κ3) is 3.15. The van der Waals surface area contributed by atoms with E-state index in [0.29, 0.717) is 11.4 Å². The van der Waals surface area contributed by atoms with E-state index in [2.05, 4.69) is 16.2 Å². The number of terminal acetylenes is 1. The number of nitrogens with one attached hydrogen (secondary N) is 1. The number of carbonyl (C=O) groups excluding carboxylic acids is 1. The van der Waals surface area contributed by atoms with E-state index in [-0.39, 0.29) is 12.5 Å². The van der Waals surface area contributed by atoms with Crippen molar-refractivity contribution >= 4 is 54.6 Å². The number of fused-ring (bicyclic) bond motifs is 3. The van der Waals surface area contributed by atoms with Crippen molar-refractivity contribution in [1.29, 1.82) is 0 Å². The summed E-state index contributed by atoms with van der Waals surface area (Å²) in [5, 5.41) is 6.81. The summed E-state index contributed by atoms with van der Waals surface area (Å²) >= 11 is 3.25. The first kappa shape index (κ1) is 16.6. The van der Waals surface area contributed by atoms with E-state index >= 15 is 0 Å². The minimum atomic E-state index is -0.233. The van der Waals surface area contributed by atoms with Crippen LogP contribution in [0.3, 0.4) is 0 Å². The van der Waals surface area contributed by atoms with Crippen LogP contribution in [0.5, 0.6) is 5.75 Å². The second kappa shape index (κ2) is 6.79. The lowest BCUT2D eigenvalue weighted by Gasteiger charge is -2.09. The van der Waals surface area contributed by atoms with Crippen molar-refractivity contribution in [2.75, 3.05) is 11.9 Å². The van der Waals surface area contributed by atoms with Crippen molar-refractivity contribution in [3.05, 3.63) is 52.3 Å². The fourth-order valence-electron chi connectivity index (χ4n) is 2.73. The molecule has 2 aromatic heterocycles. The van der Waals surface area contributed by atoms with Gasteiger partial charge in [0.2, 0.25) is 0 Å². The Morgan fingerprint density at radius 1 is 1.35 bits per heavy atom. The molecule has 0 spiro atoms. The van der Waals surface area contributed by atoms with Gasteiger partial charge in [-0.25, -0.2) is 4.98 Å². The zero-order chi connectivity index (χ0) is 18.1. The Bertz CT molecular complexity index is 1170. The molecule has 0 saturated heterocycles. The highest BCUT2D eigenvalue weighted by Crippen LogP contribution is 2.38. The minimum absolute atomic E-state index is 0.0749. The molecule has 0 aliphatic carbocycles. The molecule has 0 aliphatic heterocycles. The highest BCUT2D eigenvalue weighted by atomic mass is 32.1. The molecular weight excluding hydrogens is 364 g/mol. The fourth-order valence-corrected chi connectivity index (χ4v) is 4.57. The van der Waals surface area contributed by atoms with E-state index in [0.717, 1.165) is 30.9 Å². The zero-order valence-electron chi connectivity index (χ0n) is 13.9. The van der Waals surface area contributed by atoms with Gasteiger partial charge in [-0.1, -0.05) is 12.0 Å². The van der Waals surface area contributed by atoms with Gasteiger partial charge in [-0.3, -0.25) is 4.79 Å². The Morgan fingerprint density at radius 2 is 2.23 bits per heavy atom. The molecule has 0 radical (unpaired) electrons. The maximum Gasteiger partial charge on any atom is 0.262 e. The summed E-state index contributed by atoms with van der Waals surface area (Å²) in [7, 11) is 0. The van der Waals surface area contributed by atoms with Crippen molar-refractivity contribution in [2.45, 2.75) is 6.92 Å². The second-order valence-corrected chi connectivity index (χ2v) is 7.83. The number of aryl methyl sites for hydroxylation is 1. The first-order valence-electron chi connectivity index (χ1n) is 7.91. The maximum absolute atomic E-state index is 12.2. The number of aromatic nitrogens is 1. The van der Waals surface area contributed by atoms with E-state index in [4.69, 9.17) is 11.2 Å². The lowest BCUT2D eigenvalue weighted by atomic mass is 10.2. The molecule has 26 heavy (non-hydrogen) atoms. The van der Waals surface area contributed by atoms with Crippen LogP contribution in [-0.4, -0.2) is 17.5 Å². The molecule has 4 aromatic rings. The number of carbonyl (C=O) groups is 1. The normalized spacial score (nSPS) is 10.8. The van der Waals surface area contributed by atoms with Gasteiger partial charge < -0.3 is 10.1 Å². The van der Waals surface area contributed by atoms with Crippen LogP contribution in [0.4, 0.5) is 5.69 Å². The predicted octanol–water partition coefficient (Wildman–Crippen LogP) is 4.82. The zero-order valence-corrected chi connectivity index (χ0v) is 15.5. The smallest absolute Gasteiger partial charge is 0.262 e. The van der Waals surface area contributed by atoms with Gasteiger partial charge in [-0.2, -0.15) is 0 Å². The molecule has 0 bridgehead atoms. The highest BCUT2D eigenvalue weighted by Gasteiger charge is 2.13. The molecule has 0 unspecified atom stereocenters. The molecule has 0 saturated carbocycles. The third-order valence-corrected chi connectivity index (χ3v) is 5.68. The monoisotopic (exact) mass is 378 g/mol. The number of amides is 1. The largest absolute Gasteiger partial charge is 0.483 e. The standard InChI is InChI=1S/C20H14N2O2S2/c1-3-13-5-4-6-14(9-13)22-18(23)11-24-16-10-17-19(21-12(2)26-17)20-15(16)7-8-25-20/h1,4-10H,11H2,2H3,(H,22,23). The highest BCUT2D eigenvalue weighted by molar-refractivity contribution is 7.21. The van der Waals surface area contributed by atoms with Crippen molar-refractivity contribution in [3.63, 3.8) is 0 Å². The summed E-state index contributed by atoms with van der Waals surface area (Å²) in [4.78, 5) is 16.8. The van der Waals surface area contributed by atoms with Gasteiger partial charge >= 0.3 is 0 Å². The number of benzene rings is 2. The van der Waals surface area contributed by atoms with Gasteiger partial charge in [0, 0.05) is 22.7 Å². The molecule has 0 aliphatic rings. The van der Waals surface area contributed by atoms with Crippen LogP contribution in [-0.2, 0) is 4.79 Å². The van der Waals surface area contributed by atoms with E-state index in [1.807, 2.05) is 30.5 Å². The van der Waals surface area contributed by atoms with Gasteiger partial charge in [0.1, 0.15) is 5.75 Å². The van der Waals surface area contributed by atoms with E-state index < -0.39 is 0 Å². The molecule has 128 valence electrons. The molecule has 2 aromatic carbocycles. The summed E-state index contributed by atoms with van der Waals surface area (Å²) < 4.78 is 7.97. The molecule has 4 rings (SSSR count). The number of rotatable bonds is 4. The Balaban J connectivity index is 1.54. The van der Waals surface area contributed by atoms with Gasteiger partial charge in [0.25, 0.3) is 5.91 Å². The molecule has 1 amide bonds. The van der Waals surface area contributed by atoms with Gasteiger partial charge in [0.05, 0.1) is 19.9 Å². The Labute approximate surface area is 158 Å². The maximum atomic E-state index is 12.2. The first-order valence-corrected chi connectivity index (χ1v) is 9.60. The van der Waals surface area contributed by atoms with Crippen LogP contribution in [0.2, 0.25) is 0 Å². The summed E-state index contributed by atoms with van der Waals surface area (Å²) in [5.74, 6) is 3.01. The van der Waals surface area contributed by atoms with Crippen LogP contribution < -0.4 is 10.1 Å². The number of thiazole rings is 1. The second-order valence-electron chi connectivity index (χ2n) is 5.68. The van der Waals surface area contributed by atoms with E-state index in [9.17, 15) is 4.79 Å². The lowest BCUT2D eigenvalue weighted by Crippen LogP contribution is -2.20. The number of thiophene rings is 1. The summed E-state index contributed by atoms with van der Waals surface area (Å²) in [6.07, 6.45) is 5.38. The van der Waals surface area contributed by atoms with Crippen LogP contribution in [0, 0.1) is 19.3 Å². The van der Waals surface area contributed by atoms with Crippen molar-refractivity contribution in [3.8, 4) is 18.1 Å². The Morgan fingerprint density at radius 3 is 3.08 bits per heavy atom. The molecule has 6 heteroatoms. The van der Waals surface area contributed by atoms with Crippen LogP contribution in [0.1, 0.15) is 10.6 Å². The van der Waals surface area contributed by atoms with Gasteiger partial charge in [-0.05, 0) is 36.6 Å². The van der Waals surface area contributed by atoms with Crippen molar-refractivity contribution in [1.82, 2.24) is 4.98 Å². The Kier molecular flexibility index (Phi) is 4.33. The molecule has 2 heterocycles. The first-order chi connectivity index (χ1) is 12.6. The molecular formula is C20H14N2O2S2. The fraction of sp³-hybridized carbons (Fsp3) is 0.100. The summed E-state index contributed by atoms with van der Waals surface area (Å²) in [6.45, 7) is 1.91. The number of hydrogen-bond donors (Lipinski definition) is 1. The van der Waals surface area contributed by atoms with Crippen molar-refractivity contribution in [2.24, 2.45) is 0 Å². The predicted molar refractivity (Wildman–Crippen MR) is 108 cm³/mol. The third-order valence-electron chi connectivity index (χ3n) is 3.84. The van der Waals surface area contributed by atoms with Crippen molar-refractivity contribution < 1.29 is 9.53 Å². The molecule has 0 atom stereocenters. The molecule has 4 nitrogen and oxygen atoms in total. The number of hydrogen-bond acceptors (Lipinski definition) is 5. The average Bonchev–Trinajstić information content (AvgIpc) is 3.25. The van der Waals surface area contributed by atoms with Gasteiger partial charge in [-0.15, -0.1) is 29.1 Å². The lowest BCUT2D eigenvalue weighted by molar-refractivity contribution is -0.118. The number of anilines is 1. The van der Waals surface area contributed by atoms with Gasteiger partial charge in [0.15, 0.2) is 6.61 Å². The topological polar surface area (TPSA) is 51.2 Å². The summed E-state index contributed by atoms with van der Waals surface area (Å²) in [6, 6.07) is 11.1. The number of nitrogens with zero attached hydrogens (tertiary/aromatic N) is 1. The number of ether oxygens (including phenoxy) is 1. The SMILES string of the molecule is C#Cc1cccc(NC(=O)COc2cc3sc(C)nc3c3sccc23)c1. The summed E-state index contributed by atoms with van der Waals surface area (Å²) in [5.41, 5.74) is 2.37. The molecule has 1 N–H and O–H groups in total. The molecule has 0 fully saturated rings. The minimum Gasteiger partial charge on any atom is -0.483 e. The van der Waals surface area contributed by atoms with E-state index in [1.54, 1.807) is 40.9 Å². The van der Waals surface area contributed by atoms with Crippen LogP contribution in [0.15, 0.2) is 41.8 Å². The van der Waals surface area contributed by atoms with E-state index in [1.165, 1.54) is 0 Å². The quantitative estimate of drug-likeness (QED) is 0.518. The average molecular weight is 378 g/mol. The van der Waals surface area contributed by atoms with Crippen LogP contribution in [0.25, 0.3) is 20.3 Å². The van der Waals surface area contributed by atoms with Crippen LogP contribution >= 0.6 is 22.7 Å². The Hall–Kier alpha value is -2.88.